The van der Waals surface area contributed by atoms with Crippen molar-refractivity contribution >= 4 is 38.0 Å². The van der Waals surface area contributed by atoms with Crippen LogP contribution in [0.3, 0.4) is 0 Å². The molecule has 5 nitrogen and oxygen atoms in total. The molecule has 0 atom stereocenters. The lowest BCUT2D eigenvalue weighted by Gasteiger charge is -2.24. The summed E-state index contributed by atoms with van der Waals surface area (Å²) in [5, 5.41) is 4.58. The first-order valence-electron chi connectivity index (χ1n) is 11.0. The zero-order valence-corrected chi connectivity index (χ0v) is 18.4. The average molecular weight is 434 g/mol. The van der Waals surface area contributed by atoms with E-state index in [-0.39, 0.29) is 5.56 Å². The highest BCUT2D eigenvalue weighted by Gasteiger charge is 2.16. The van der Waals surface area contributed by atoms with Crippen LogP contribution in [0.4, 0.5) is 5.69 Å². The topological polar surface area (TPSA) is 48.6 Å². The van der Waals surface area contributed by atoms with E-state index in [0.29, 0.717) is 6.61 Å². The Balaban J connectivity index is 1.12. The molecule has 1 fully saturated rings. The minimum atomic E-state index is -0.0879. The molecule has 5 rings (SSSR count). The lowest BCUT2D eigenvalue weighted by Crippen LogP contribution is -2.31. The molecule has 1 aliphatic rings. The van der Waals surface area contributed by atoms with E-state index >= 15 is 0 Å². The van der Waals surface area contributed by atoms with Crippen LogP contribution in [0.15, 0.2) is 64.8 Å². The molecule has 0 amide bonds. The number of hydrogen-bond donors (Lipinski definition) is 1. The number of fused-ring (bicyclic) bond motifs is 2. The molecule has 0 spiro atoms. The molecule has 0 radical (unpaired) electrons. The predicted octanol–water partition coefficient (Wildman–Crippen LogP) is 4.72. The van der Waals surface area contributed by atoms with E-state index in [1.165, 1.54) is 22.2 Å². The number of pyridine rings is 1. The molecule has 6 heteroatoms. The fourth-order valence-electron chi connectivity index (χ4n) is 4.39. The van der Waals surface area contributed by atoms with Gasteiger partial charge in [-0.3, -0.25) is 4.79 Å². The van der Waals surface area contributed by atoms with Gasteiger partial charge >= 0.3 is 0 Å². The number of H-pyrrole nitrogens is 1. The van der Waals surface area contributed by atoms with Gasteiger partial charge in [-0.15, -0.1) is 11.3 Å². The maximum atomic E-state index is 11.5. The van der Waals surface area contributed by atoms with Crippen LogP contribution in [-0.2, 0) is 0 Å². The number of anilines is 1. The quantitative estimate of drug-likeness (QED) is 0.447. The van der Waals surface area contributed by atoms with Crippen molar-refractivity contribution < 1.29 is 4.74 Å². The third-order valence-electron chi connectivity index (χ3n) is 5.99. The summed E-state index contributed by atoms with van der Waals surface area (Å²) in [7, 11) is 0. The largest absolute Gasteiger partial charge is 0.493 e. The summed E-state index contributed by atoms with van der Waals surface area (Å²) >= 11 is 1.82. The van der Waals surface area contributed by atoms with Gasteiger partial charge in [0.25, 0.3) is 0 Å². The second-order valence-electron chi connectivity index (χ2n) is 8.07. The van der Waals surface area contributed by atoms with E-state index in [0.717, 1.165) is 55.8 Å². The average Bonchev–Trinajstić information content (AvgIpc) is 3.15. The Bertz CT molecular complexity index is 1230. The number of rotatable bonds is 6. The van der Waals surface area contributed by atoms with Gasteiger partial charge in [-0.2, -0.15) is 0 Å². The van der Waals surface area contributed by atoms with E-state index in [1.807, 2.05) is 35.6 Å². The third kappa shape index (κ3) is 4.60. The molecule has 0 unspecified atom stereocenters. The summed E-state index contributed by atoms with van der Waals surface area (Å²) in [4.78, 5) is 19.5. The van der Waals surface area contributed by atoms with Crippen LogP contribution < -0.4 is 15.2 Å². The molecule has 4 aromatic rings. The molecule has 3 heterocycles. The van der Waals surface area contributed by atoms with Crippen molar-refractivity contribution in [2.45, 2.75) is 12.8 Å². The summed E-state index contributed by atoms with van der Waals surface area (Å²) in [6, 6.07) is 18.1. The summed E-state index contributed by atoms with van der Waals surface area (Å²) in [6.07, 6.45) is 2.17. The number of nitrogens with zero attached hydrogens (tertiary/aromatic N) is 2. The zero-order chi connectivity index (χ0) is 21.0. The van der Waals surface area contributed by atoms with Crippen LogP contribution in [0.5, 0.6) is 5.75 Å². The Morgan fingerprint density at radius 3 is 2.90 bits per heavy atom. The number of aromatic nitrogens is 1. The minimum absolute atomic E-state index is 0.0879. The van der Waals surface area contributed by atoms with Gasteiger partial charge in [-0.05, 0) is 66.6 Å². The van der Waals surface area contributed by atoms with E-state index in [2.05, 4.69) is 44.4 Å². The molecule has 0 aliphatic carbocycles. The molecule has 160 valence electrons. The number of hydrogen-bond acceptors (Lipinski definition) is 5. The van der Waals surface area contributed by atoms with Crippen LogP contribution in [0.25, 0.3) is 21.0 Å². The van der Waals surface area contributed by atoms with Crippen molar-refractivity contribution in [2.75, 3.05) is 44.2 Å². The van der Waals surface area contributed by atoms with Gasteiger partial charge < -0.3 is 19.5 Å². The fourth-order valence-corrected chi connectivity index (χ4v) is 5.19. The highest BCUT2D eigenvalue weighted by molar-refractivity contribution is 7.17. The maximum Gasteiger partial charge on any atom is 0.248 e. The second-order valence-corrected chi connectivity index (χ2v) is 9.01. The van der Waals surface area contributed by atoms with E-state index < -0.39 is 0 Å². The fraction of sp³-hybridized carbons (Fsp3) is 0.320. The minimum Gasteiger partial charge on any atom is -0.493 e. The van der Waals surface area contributed by atoms with Crippen molar-refractivity contribution in [2.24, 2.45) is 0 Å². The lowest BCUT2D eigenvalue weighted by atomic mass is 10.2. The first-order chi connectivity index (χ1) is 15.3. The van der Waals surface area contributed by atoms with Crippen molar-refractivity contribution in [1.82, 2.24) is 9.88 Å². The summed E-state index contributed by atoms with van der Waals surface area (Å²) < 4.78 is 7.32. The first-order valence-corrected chi connectivity index (χ1v) is 11.8. The van der Waals surface area contributed by atoms with Gasteiger partial charge in [0.15, 0.2) is 0 Å². The Kier molecular flexibility index (Phi) is 5.91. The van der Waals surface area contributed by atoms with Gasteiger partial charge in [-0.25, -0.2) is 0 Å². The Morgan fingerprint density at radius 1 is 1.00 bits per heavy atom. The molecule has 0 bridgehead atoms. The van der Waals surface area contributed by atoms with Crippen LogP contribution in [-0.4, -0.2) is 49.2 Å². The van der Waals surface area contributed by atoms with Crippen molar-refractivity contribution in [3.8, 4) is 5.75 Å². The van der Waals surface area contributed by atoms with E-state index in [4.69, 9.17) is 4.74 Å². The molecule has 1 aliphatic heterocycles. The summed E-state index contributed by atoms with van der Waals surface area (Å²) in [5.41, 5.74) is 2.10. The SMILES string of the molecule is O=c1ccc2ccc(OCCCN3CCCN(c4cccc5sccc45)CC3)cc2[nH]1. The van der Waals surface area contributed by atoms with Crippen LogP contribution in [0, 0.1) is 0 Å². The number of ether oxygens (including phenoxy) is 1. The van der Waals surface area contributed by atoms with E-state index in [1.54, 1.807) is 6.07 Å². The van der Waals surface area contributed by atoms with Crippen molar-refractivity contribution in [3.63, 3.8) is 0 Å². The summed E-state index contributed by atoms with van der Waals surface area (Å²) in [5.74, 6) is 0.806. The van der Waals surface area contributed by atoms with Crippen molar-refractivity contribution in [1.29, 1.82) is 0 Å². The number of aromatic amines is 1. The van der Waals surface area contributed by atoms with Crippen LogP contribution >= 0.6 is 11.3 Å². The zero-order valence-electron chi connectivity index (χ0n) is 17.5. The smallest absolute Gasteiger partial charge is 0.248 e. The number of nitrogens with one attached hydrogen (secondary N) is 1. The van der Waals surface area contributed by atoms with Crippen molar-refractivity contribution in [3.05, 3.63) is 70.3 Å². The highest BCUT2D eigenvalue weighted by Crippen LogP contribution is 2.31. The highest BCUT2D eigenvalue weighted by atomic mass is 32.1. The van der Waals surface area contributed by atoms with E-state index in [9.17, 15) is 4.79 Å². The normalized spacial score (nSPS) is 15.4. The number of benzene rings is 2. The Morgan fingerprint density at radius 2 is 1.94 bits per heavy atom. The molecule has 0 saturated carbocycles. The maximum absolute atomic E-state index is 11.5. The second kappa shape index (κ2) is 9.12. The van der Waals surface area contributed by atoms with Gasteiger partial charge in [0.05, 0.1) is 12.1 Å². The van der Waals surface area contributed by atoms with Crippen LogP contribution in [0.1, 0.15) is 12.8 Å². The van der Waals surface area contributed by atoms with Crippen LogP contribution in [0.2, 0.25) is 0 Å². The lowest BCUT2D eigenvalue weighted by molar-refractivity contribution is 0.244. The predicted molar refractivity (Wildman–Crippen MR) is 130 cm³/mol. The molecular weight excluding hydrogens is 406 g/mol. The number of thiophene rings is 1. The van der Waals surface area contributed by atoms with Gasteiger partial charge in [0.1, 0.15) is 5.75 Å². The summed E-state index contributed by atoms with van der Waals surface area (Å²) in [6.45, 7) is 6.11. The Hall–Kier alpha value is -2.83. The molecule has 2 aromatic heterocycles. The third-order valence-corrected chi connectivity index (χ3v) is 6.87. The molecule has 1 N–H and O–H groups in total. The molecule has 31 heavy (non-hydrogen) atoms. The Labute approximate surface area is 185 Å². The van der Waals surface area contributed by atoms with Gasteiger partial charge in [0, 0.05) is 54.1 Å². The first kappa shape index (κ1) is 20.1. The molecular formula is C25H27N3O2S. The molecule has 2 aromatic carbocycles. The molecule has 1 saturated heterocycles. The monoisotopic (exact) mass is 433 g/mol. The standard InChI is InChI=1S/C25H27N3O2S/c29-25-9-7-19-6-8-20(18-22(19)26-25)30-16-3-12-27-11-2-13-28(15-14-27)23-4-1-5-24-21(23)10-17-31-24/h1,4-10,17-18H,2-3,11-16H2,(H,26,29). The van der Waals surface area contributed by atoms with Gasteiger partial charge in [0.2, 0.25) is 5.56 Å². The van der Waals surface area contributed by atoms with Gasteiger partial charge in [-0.1, -0.05) is 6.07 Å².